The highest BCUT2D eigenvalue weighted by molar-refractivity contribution is 5.84. The van der Waals surface area contributed by atoms with Gasteiger partial charge < -0.3 is 14.2 Å². The first-order valence-corrected chi connectivity index (χ1v) is 4.87. The molecule has 1 aromatic rings. The molecule has 0 saturated carbocycles. The lowest BCUT2D eigenvalue weighted by molar-refractivity contribution is -0.129. The van der Waals surface area contributed by atoms with E-state index in [2.05, 4.69) is 6.58 Å². The molecule has 0 fully saturated rings. The van der Waals surface area contributed by atoms with Gasteiger partial charge in [0.2, 0.25) is 5.75 Å². The summed E-state index contributed by atoms with van der Waals surface area (Å²) in [6.45, 7) is 5.66. The summed E-state index contributed by atoms with van der Waals surface area (Å²) in [6, 6.07) is 5.15. The summed E-state index contributed by atoms with van der Waals surface area (Å²) < 4.78 is 15.5. The third-order valence-electron chi connectivity index (χ3n) is 1.83. The maximum atomic E-state index is 11.2. The summed E-state index contributed by atoms with van der Waals surface area (Å²) in [5.41, 5.74) is 0. The van der Waals surface area contributed by atoms with Crippen LogP contribution in [0.5, 0.6) is 17.2 Å². The second-order valence-electron chi connectivity index (χ2n) is 2.85. The van der Waals surface area contributed by atoms with Gasteiger partial charge in [-0.2, -0.15) is 0 Å². The molecular weight excluding hydrogens is 208 g/mol. The third-order valence-corrected chi connectivity index (χ3v) is 1.83. The Morgan fingerprint density at radius 2 is 2.12 bits per heavy atom. The normalized spacial score (nSPS) is 9.38. The molecule has 0 heterocycles. The third kappa shape index (κ3) is 2.76. The van der Waals surface area contributed by atoms with Gasteiger partial charge in [0.15, 0.2) is 11.5 Å². The molecule has 0 amide bonds. The minimum absolute atomic E-state index is 0.275. The summed E-state index contributed by atoms with van der Waals surface area (Å²) in [7, 11) is 1.50. The van der Waals surface area contributed by atoms with E-state index in [9.17, 15) is 4.79 Å². The summed E-state index contributed by atoms with van der Waals surface area (Å²) in [5.74, 6) is 0.639. The van der Waals surface area contributed by atoms with Crippen molar-refractivity contribution in [1.29, 1.82) is 0 Å². The molecule has 0 unspecified atom stereocenters. The molecule has 0 aliphatic rings. The fraction of sp³-hybridized carbons (Fsp3) is 0.250. The van der Waals surface area contributed by atoms with E-state index in [-0.39, 0.29) is 5.75 Å². The molecule has 0 aliphatic heterocycles. The Morgan fingerprint density at radius 3 is 2.69 bits per heavy atom. The van der Waals surface area contributed by atoms with Crippen molar-refractivity contribution in [3.8, 4) is 17.2 Å². The molecule has 0 spiro atoms. The molecule has 86 valence electrons. The van der Waals surface area contributed by atoms with Gasteiger partial charge in [0.25, 0.3) is 0 Å². The zero-order valence-corrected chi connectivity index (χ0v) is 9.36. The van der Waals surface area contributed by atoms with Crippen LogP contribution < -0.4 is 14.2 Å². The van der Waals surface area contributed by atoms with Crippen LogP contribution in [0.15, 0.2) is 30.9 Å². The lowest BCUT2D eigenvalue weighted by Crippen LogP contribution is -2.06. The molecule has 0 atom stereocenters. The highest BCUT2D eigenvalue weighted by atomic mass is 16.6. The highest BCUT2D eigenvalue weighted by Crippen LogP contribution is 2.37. The van der Waals surface area contributed by atoms with Crippen molar-refractivity contribution in [2.45, 2.75) is 6.92 Å². The number of rotatable bonds is 5. The Morgan fingerprint density at radius 1 is 1.44 bits per heavy atom. The number of hydrogen-bond donors (Lipinski definition) is 0. The Balaban J connectivity index is 3.08. The van der Waals surface area contributed by atoms with Crippen LogP contribution in [0.4, 0.5) is 0 Å². The number of carbonyl (C=O) groups is 1. The van der Waals surface area contributed by atoms with Gasteiger partial charge in [0.1, 0.15) is 0 Å². The van der Waals surface area contributed by atoms with Gasteiger partial charge in [-0.05, 0) is 19.1 Å². The lowest BCUT2D eigenvalue weighted by atomic mass is 10.3. The van der Waals surface area contributed by atoms with Gasteiger partial charge in [0, 0.05) is 6.08 Å². The van der Waals surface area contributed by atoms with Gasteiger partial charge >= 0.3 is 5.97 Å². The Hall–Kier alpha value is -1.97. The maximum Gasteiger partial charge on any atom is 0.335 e. The molecule has 0 N–H and O–H groups in total. The van der Waals surface area contributed by atoms with E-state index in [1.807, 2.05) is 6.92 Å². The maximum absolute atomic E-state index is 11.2. The molecule has 1 aromatic carbocycles. The number of carbonyl (C=O) groups excluding carboxylic acids is 1. The number of methoxy groups -OCH3 is 1. The molecule has 1 rings (SSSR count). The first-order valence-electron chi connectivity index (χ1n) is 4.87. The van der Waals surface area contributed by atoms with Crippen molar-refractivity contribution in [3.05, 3.63) is 30.9 Å². The molecule has 16 heavy (non-hydrogen) atoms. The lowest BCUT2D eigenvalue weighted by Gasteiger charge is -2.12. The zero-order chi connectivity index (χ0) is 12.0. The van der Waals surface area contributed by atoms with Gasteiger partial charge in [0.05, 0.1) is 13.7 Å². The average molecular weight is 222 g/mol. The van der Waals surface area contributed by atoms with Crippen molar-refractivity contribution < 1.29 is 19.0 Å². The average Bonchev–Trinajstić information content (AvgIpc) is 2.31. The smallest absolute Gasteiger partial charge is 0.335 e. The summed E-state index contributed by atoms with van der Waals surface area (Å²) in [6.07, 6.45) is 1.09. The Bertz CT molecular complexity index is 385. The first kappa shape index (κ1) is 12.1. The monoisotopic (exact) mass is 222 g/mol. The second-order valence-corrected chi connectivity index (χ2v) is 2.85. The SMILES string of the molecule is C=CC(=O)Oc1c(OC)cccc1OCC. The molecule has 0 aliphatic carbocycles. The predicted molar refractivity (Wildman–Crippen MR) is 60.0 cm³/mol. The Kier molecular flexibility index (Phi) is 4.39. The molecule has 0 bridgehead atoms. The number of hydrogen-bond acceptors (Lipinski definition) is 4. The fourth-order valence-electron chi connectivity index (χ4n) is 1.17. The van der Waals surface area contributed by atoms with E-state index in [4.69, 9.17) is 14.2 Å². The van der Waals surface area contributed by atoms with Crippen LogP contribution in [0.3, 0.4) is 0 Å². The van der Waals surface area contributed by atoms with Crippen molar-refractivity contribution in [3.63, 3.8) is 0 Å². The summed E-state index contributed by atoms with van der Waals surface area (Å²) >= 11 is 0. The quantitative estimate of drug-likeness (QED) is 0.435. The predicted octanol–water partition coefficient (Wildman–Crippen LogP) is 2.19. The second kappa shape index (κ2) is 5.80. The van der Waals surface area contributed by atoms with E-state index in [0.717, 1.165) is 6.08 Å². The molecule has 4 heteroatoms. The summed E-state index contributed by atoms with van der Waals surface area (Å²) in [4.78, 5) is 11.2. The molecular formula is C12H14O4. The topological polar surface area (TPSA) is 44.8 Å². The summed E-state index contributed by atoms with van der Waals surface area (Å²) in [5, 5.41) is 0. The number of ether oxygens (including phenoxy) is 3. The minimum atomic E-state index is -0.551. The van der Waals surface area contributed by atoms with Crippen LogP contribution in [-0.4, -0.2) is 19.7 Å². The van der Waals surface area contributed by atoms with E-state index in [1.165, 1.54) is 7.11 Å². The molecule has 0 radical (unpaired) electrons. The van der Waals surface area contributed by atoms with E-state index in [1.54, 1.807) is 18.2 Å². The molecule has 4 nitrogen and oxygen atoms in total. The fourth-order valence-corrected chi connectivity index (χ4v) is 1.17. The van der Waals surface area contributed by atoms with Crippen LogP contribution in [-0.2, 0) is 4.79 Å². The first-order chi connectivity index (χ1) is 7.72. The number of para-hydroxylation sites is 1. The molecule has 0 aromatic heterocycles. The van der Waals surface area contributed by atoms with Crippen LogP contribution in [0.1, 0.15) is 6.92 Å². The van der Waals surface area contributed by atoms with Crippen LogP contribution in [0.25, 0.3) is 0 Å². The van der Waals surface area contributed by atoms with Crippen molar-refractivity contribution in [1.82, 2.24) is 0 Å². The van der Waals surface area contributed by atoms with Gasteiger partial charge in [-0.25, -0.2) is 4.79 Å². The zero-order valence-electron chi connectivity index (χ0n) is 9.36. The van der Waals surface area contributed by atoms with Crippen molar-refractivity contribution in [2.24, 2.45) is 0 Å². The number of benzene rings is 1. The van der Waals surface area contributed by atoms with Crippen molar-refractivity contribution >= 4 is 5.97 Å². The number of esters is 1. The largest absolute Gasteiger partial charge is 0.493 e. The van der Waals surface area contributed by atoms with Crippen LogP contribution in [0.2, 0.25) is 0 Å². The van der Waals surface area contributed by atoms with E-state index >= 15 is 0 Å². The standard InChI is InChI=1S/C12H14O4/c1-4-11(13)16-12-9(14-3)7-6-8-10(12)15-5-2/h4,6-8H,1,5H2,2-3H3. The van der Waals surface area contributed by atoms with Crippen LogP contribution in [0, 0.1) is 0 Å². The van der Waals surface area contributed by atoms with Crippen LogP contribution >= 0.6 is 0 Å². The van der Waals surface area contributed by atoms with E-state index < -0.39 is 5.97 Å². The minimum Gasteiger partial charge on any atom is -0.493 e. The van der Waals surface area contributed by atoms with Crippen molar-refractivity contribution in [2.75, 3.05) is 13.7 Å². The van der Waals surface area contributed by atoms with Gasteiger partial charge in [-0.15, -0.1) is 0 Å². The molecule has 0 saturated heterocycles. The Labute approximate surface area is 94.4 Å². The highest BCUT2D eigenvalue weighted by Gasteiger charge is 2.14. The van der Waals surface area contributed by atoms with Gasteiger partial charge in [-0.1, -0.05) is 12.6 Å². The van der Waals surface area contributed by atoms with Gasteiger partial charge in [-0.3, -0.25) is 0 Å². The van der Waals surface area contributed by atoms with E-state index in [0.29, 0.717) is 18.1 Å².